The zero-order chi connectivity index (χ0) is 18.4. The number of benzene rings is 1. The molecular weight excluding hydrogens is 358 g/mol. The van der Waals surface area contributed by atoms with Crippen LogP contribution in [0.15, 0.2) is 29.4 Å². The van der Waals surface area contributed by atoms with Crippen molar-refractivity contribution in [2.75, 3.05) is 18.8 Å². The van der Waals surface area contributed by atoms with Gasteiger partial charge in [0.15, 0.2) is 0 Å². The van der Waals surface area contributed by atoms with Crippen LogP contribution in [-0.4, -0.2) is 49.9 Å². The third-order valence-electron chi connectivity index (χ3n) is 3.36. The smallest absolute Gasteiger partial charge is 0.233 e. The summed E-state index contributed by atoms with van der Waals surface area (Å²) in [5, 5.41) is 13.0. The van der Waals surface area contributed by atoms with Crippen LogP contribution in [0.3, 0.4) is 0 Å². The predicted octanol–water partition coefficient (Wildman–Crippen LogP) is 3.55. The minimum Gasteiger partial charge on any atom is -0.341 e. The molecule has 0 radical (unpaired) electrons. The molecule has 1 heterocycles. The SMILES string of the molecule is CC(C)CN(CC(C)C)C(=O)CSc1nnnn1-c1ccc(Cl)cc1. The first kappa shape index (κ1) is 19.7. The van der Waals surface area contributed by atoms with Crippen LogP contribution in [-0.2, 0) is 4.79 Å². The van der Waals surface area contributed by atoms with Gasteiger partial charge in [-0.2, -0.15) is 4.68 Å². The molecule has 25 heavy (non-hydrogen) atoms. The summed E-state index contributed by atoms with van der Waals surface area (Å²) < 4.78 is 1.61. The largest absolute Gasteiger partial charge is 0.341 e. The molecule has 0 unspecified atom stereocenters. The molecule has 0 aliphatic heterocycles. The Morgan fingerprint density at radius 2 is 1.76 bits per heavy atom. The Bertz CT molecular complexity index is 677. The van der Waals surface area contributed by atoms with E-state index in [0.29, 0.717) is 27.8 Å². The lowest BCUT2D eigenvalue weighted by Crippen LogP contribution is -2.38. The van der Waals surface area contributed by atoms with Gasteiger partial charge in [0.1, 0.15) is 0 Å². The van der Waals surface area contributed by atoms with Crippen molar-refractivity contribution in [2.45, 2.75) is 32.9 Å². The zero-order valence-electron chi connectivity index (χ0n) is 15.0. The molecule has 1 aromatic carbocycles. The lowest BCUT2D eigenvalue weighted by atomic mass is 10.1. The molecule has 136 valence electrons. The van der Waals surface area contributed by atoms with Crippen molar-refractivity contribution in [3.8, 4) is 5.69 Å². The van der Waals surface area contributed by atoms with Gasteiger partial charge in [-0.1, -0.05) is 51.1 Å². The fourth-order valence-corrected chi connectivity index (χ4v) is 3.31. The molecule has 0 spiro atoms. The Kier molecular flexibility index (Phi) is 7.25. The minimum absolute atomic E-state index is 0.109. The van der Waals surface area contributed by atoms with Gasteiger partial charge < -0.3 is 4.90 Å². The van der Waals surface area contributed by atoms with E-state index in [1.165, 1.54) is 11.8 Å². The normalized spacial score (nSPS) is 11.3. The number of amides is 1. The van der Waals surface area contributed by atoms with Gasteiger partial charge >= 0.3 is 0 Å². The number of halogens is 1. The molecule has 1 amide bonds. The summed E-state index contributed by atoms with van der Waals surface area (Å²) in [5.74, 6) is 1.30. The Morgan fingerprint density at radius 3 is 2.32 bits per heavy atom. The third kappa shape index (κ3) is 6.01. The molecule has 6 nitrogen and oxygen atoms in total. The van der Waals surface area contributed by atoms with Gasteiger partial charge in [-0.25, -0.2) is 0 Å². The van der Waals surface area contributed by atoms with Crippen molar-refractivity contribution in [3.05, 3.63) is 29.3 Å². The summed E-state index contributed by atoms with van der Waals surface area (Å²) in [7, 11) is 0. The van der Waals surface area contributed by atoms with Crippen molar-refractivity contribution in [1.82, 2.24) is 25.1 Å². The number of carbonyl (C=O) groups excluding carboxylic acids is 1. The van der Waals surface area contributed by atoms with Gasteiger partial charge in [0.05, 0.1) is 11.4 Å². The van der Waals surface area contributed by atoms with E-state index in [2.05, 4.69) is 43.2 Å². The predicted molar refractivity (Wildman–Crippen MR) is 101 cm³/mol. The van der Waals surface area contributed by atoms with Crippen LogP contribution in [0.2, 0.25) is 5.02 Å². The van der Waals surface area contributed by atoms with Gasteiger partial charge in [-0.05, 0) is 46.5 Å². The van der Waals surface area contributed by atoms with E-state index in [1.54, 1.807) is 16.8 Å². The zero-order valence-corrected chi connectivity index (χ0v) is 16.6. The molecule has 0 saturated carbocycles. The van der Waals surface area contributed by atoms with E-state index in [0.717, 1.165) is 18.8 Å². The van der Waals surface area contributed by atoms with Crippen molar-refractivity contribution >= 4 is 29.3 Å². The highest BCUT2D eigenvalue weighted by molar-refractivity contribution is 7.99. The summed E-state index contributed by atoms with van der Waals surface area (Å²) in [6.07, 6.45) is 0. The summed E-state index contributed by atoms with van der Waals surface area (Å²) in [5.41, 5.74) is 0.811. The Balaban J connectivity index is 2.04. The van der Waals surface area contributed by atoms with Crippen LogP contribution in [0.4, 0.5) is 0 Å². The first-order valence-electron chi connectivity index (χ1n) is 8.31. The highest BCUT2D eigenvalue weighted by atomic mass is 35.5. The molecule has 1 aromatic heterocycles. The van der Waals surface area contributed by atoms with E-state index in [4.69, 9.17) is 11.6 Å². The van der Waals surface area contributed by atoms with Gasteiger partial charge in [-0.15, -0.1) is 5.10 Å². The number of aromatic nitrogens is 4. The van der Waals surface area contributed by atoms with E-state index in [9.17, 15) is 4.79 Å². The van der Waals surface area contributed by atoms with Crippen LogP contribution < -0.4 is 0 Å². The van der Waals surface area contributed by atoms with E-state index < -0.39 is 0 Å². The average molecular weight is 382 g/mol. The first-order valence-corrected chi connectivity index (χ1v) is 9.68. The molecule has 0 fully saturated rings. The third-order valence-corrected chi connectivity index (χ3v) is 4.52. The number of nitrogens with zero attached hydrogens (tertiary/aromatic N) is 5. The van der Waals surface area contributed by atoms with E-state index >= 15 is 0 Å². The fourth-order valence-electron chi connectivity index (χ4n) is 2.39. The second-order valence-electron chi connectivity index (χ2n) is 6.72. The van der Waals surface area contributed by atoms with Crippen molar-refractivity contribution in [1.29, 1.82) is 0 Å². The molecule has 8 heteroatoms. The molecule has 0 bridgehead atoms. The first-order chi connectivity index (χ1) is 11.9. The molecular formula is C17H24ClN5OS. The van der Waals surface area contributed by atoms with Gasteiger partial charge in [0.2, 0.25) is 11.1 Å². The lowest BCUT2D eigenvalue weighted by Gasteiger charge is -2.26. The Morgan fingerprint density at radius 1 is 1.16 bits per heavy atom. The van der Waals surface area contributed by atoms with Crippen LogP contribution in [0.5, 0.6) is 0 Å². The summed E-state index contributed by atoms with van der Waals surface area (Å²) in [6.45, 7) is 10.0. The summed E-state index contributed by atoms with van der Waals surface area (Å²) in [6, 6.07) is 7.25. The van der Waals surface area contributed by atoms with Crippen LogP contribution in [0.25, 0.3) is 5.69 Å². The maximum absolute atomic E-state index is 12.6. The number of tetrazole rings is 1. The van der Waals surface area contributed by atoms with Crippen LogP contribution in [0.1, 0.15) is 27.7 Å². The Hall–Kier alpha value is -1.60. The molecule has 2 rings (SSSR count). The van der Waals surface area contributed by atoms with Crippen LogP contribution >= 0.6 is 23.4 Å². The maximum atomic E-state index is 12.6. The van der Waals surface area contributed by atoms with Crippen molar-refractivity contribution in [2.24, 2.45) is 11.8 Å². The van der Waals surface area contributed by atoms with Gasteiger partial charge in [0.25, 0.3) is 0 Å². The average Bonchev–Trinajstić information content (AvgIpc) is 3.00. The number of carbonyl (C=O) groups is 1. The molecule has 0 aliphatic rings. The highest BCUT2D eigenvalue weighted by Gasteiger charge is 2.18. The number of rotatable bonds is 8. The number of thioether (sulfide) groups is 1. The standard InChI is InChI=1S/C17H24ClN5OS/c1-12(2)9-22(10-13(3)4)16(24)11-25-17-19-20-21-23(17)15-7-5-14(18)6-8-15/h5-8,12-13H,9-11H2,1-4H3. The monoisotopic (exact) mass is 381 g/mol. The molecule has 0 saturated heterocycles. The van der Waals surface area contributed by atoms with E-state index in [1.807, 2.05) is 17.0 Å². The second kappa shape index (κ2) is 9.20. The van der Waals surface area contributed by atoms with Gasteiger partial charge in [-0.3, -0.25) is 4.79 Å². The highest BCUT2D eigenvalue weighted by Crippen LogP contribution is 2.20. The fraction of sp³-hybridized carbons (Fsp3) is 0.529. The molecule has 0 N–H and O–H groups in total. The Labute approximate surface area is 157 Å². The molecule has 2 aromatic rings. The minimum atomic E-state index is 0.109. The summed E-state index contributed by atoms with van der Waals surface area (Å²) >= 11 is 7.26. The number of hydrogen-bond acceptors (Lipinski definition) is 5. The van der Waals surface area contributed by atoms with E-state index in [-0.39, 0.29) is 5.91 Å². The number of hydrogen-bond donors (Lipinski definition) is 0. The topological polar surface area (TPSA) is 63.9 Å². The second-order valence-corrected chi connectivity index (χ2v) is 8.10. The van der Waals surface area contributed by atoms with Crippen molar-refractivity contribution in [3.63, 3.8) is 0 Å². The van der Waals surface area contributed by atoms with Crippen LogP contribution in [0, 0.1) is 11.8 Å². The van der Waals surface area contributed by atoms with Crippen molar-refractivity contribution < 1.29 is 4.79 Å². The quantitative estimate of drug-likeness (QED) is 0.654. The lowest BCUT2D eigenvalue weighted by molar-refractivity contribution is -0.129. The summed E-state index contributed by atoms with van der Waals surface area (Å²) in [4.78, 5) is 14.5. The van der Waals surface area contributed by atoms with Gasteiger partial charge in [0, 0.05) is 18.1 Å². The molecule has 0 aliphatic carbocycles. The molecule has 0 atom stereocenters. The maximum Gasteiger partial charge on any atom is 0.233 e.